The molecule has 0 saturated heterocycles. The van der Waals surface area contributed by atoms with Crippen LogP contribution in [0.1, 0.15) is 11.1 Å². The normalized spacial score (nSPS) is 10.4. The predicted molar refractivity (Wildman–Crippen MR) is 52.5 cm³/mol. The van der Waals surface area contributed by atoms with Crippen molar-refractivity contribution in [2.75, 3.05) is 0 Å². The molecule has 0 bridgehead atoms. The summed E-state index contributed by atoms with van der Waals surface area (Å²) in [7, 11) is 0. The number of halogens is 1. The molecule has 1 aromatic carbocycles. The van der Waals surface area contributed by atoms with Crippen molar-refractivity contribution in [3.05, 3.63) is 53.6 Å². The second kappa shape index (κ2) is 3.62. The van der Waals surface area contributed by atoms with Crippen molar-refractivity contribution in [1.29, 1.82) is 0 Å². The van der Waals surface area contributed by atoms with Crippen molar-refractivity contribution < 1.29 is 4.39 Å². The molecule has 0 radical (unpaired) electrons. The van der Waals surface area contributed by atoms with Gasteiger partial charge < -0.3 is 0 Å². The molecule has 0 amide bonds. The van der Waals surface area contributed by atoms with Crippen molar-refractivity contribution >= 4 is 0 Å². The van der Waals surface area contributed by atoms with Gasteiger partial charge in [-0.05, 0) is 30.2 Å². The molecule has 0 fully saturated rings. The molecule has 0 unspecified atom stereocenters. The van der Waals surface area contributed by atoms with Crippen LogP contribution in [0.5, 0.6) is 0 Å². The van der Waals surface area contributed by atoms with Gasteiger partial charge in [0.2, 0.25) is 0 Å². The molecule has 0 aliphatic rings. The zero-order chi connectivity index (χ0) is 9.97. The molecular weight excluding hydrogens is 179 g/mol. The molecule has 1 heterocycles. The molecule has 2 nitrogen and oxygen atoms in total. The first-order valence-corrected chi connectivity index (χ1v) is 4.47. The summed E-state index contributed by atoms with van der Waals surface area (Å²) < 4.78 is 14.4. The van der Waals surface area contributed by atoms with Crippen LogP contribution in [0, 0.1) is 12.7 Å². The van der Waals surface area contributed by atoms with Gasteiger partial charge in [-0.2, -0.15) is 5.10 Å². The summed E-state index contributed by atoms with van der Waals surface area (Å²) in [6.45, 7) is 2.68. The fourth-order valence-corrected chi connectivity index (χ4v) is 1.33. The van der Waals surface area contributed by atoms with Crippen molar-refractivity contribution in [2.45, 2.75) is 13.5 Å². The highest BCUT2D eigenvalue weighted by Gasteiger charge is 1.96. The van der Waals surface area contributed by atoms with Gasteiger partial charge in [0.05, 0.1) is 12.7 Å². The maximum atomic E-state index is 12.6. The van der Waals surface area contributed by atoms with Gasteiger partial charge in [0.25, 0.3) is 0 Å². The Morgan fingerprint density at radius 1 is 1.29 bits per heavy atom. The average molecular weight is 190 g/mol. The monoisotopic (exact) mass is 190 g/mol. The molecule has 72 valence electrons. The fourth-order valence-electron chi connectivity index (χ4n) is 1.33. The summed E-state index contributed by atoms with van der Waals surface area (Å²) in [5.41, 5.74) is 2.18. The first-order valence-electron chi connectivity index (χ1n) is 4.47. The van der Waals surface area contributed by atoms with E-state index in [1.54, 1.807) is 12.1 Å². The van der Waals surface area contributed by atoms with Crippen LogP contribution < -0.4 is 0 Å². The smallest absolute Gasteiger partial charge is 0.123 e. The minimum absolute atomic E-state index is 0.203. The van der Waals surface area contributed by atoms with Crippen LogP contribution in [-0.4, -0.2) is 9.78 Å². The van der Waals surface area contributed by atoms with Gasteiger partial charge in [0.1, 0.15) is 5.82 Å². The van der Waals surface area contributed by atoms with Gasteiger partial charge in [-0.15, -0.1) is 0 Å². The number of aromatic nitrogens is 2. The fraction of sp³-hybridized carbons (Fsp3) is 0.182. The van der Waals surface area contributed by atoms with Crippen molar-refractivity contribution in [3.63, 3.8) is 0 Å². The lowest BCUT2D eigenvalue weighted by Gasteiger charge is -2.00. The molecule has 3 heteroatoms. The van der Waals surface area contributed by atoms with E-state index in [2.05, 4.69) is 5.10 Å². The third kappa shape index (κ3) is 1.99. The van der Waals surface area contributed by atoms with E-state index in [4.69, 9.17) is 0 Å². The minimum Gasteiger partial charge on any atom is -0.268 e. The van der Waals surface area contributed by atoms with E-state index < -0.39 is 0 Å². The summed E-state index contributed by atoms with van der Waals surface area (Å²) in [5.74, 6) is -0.203. The van der Waals surface area contributed by atoms with E-state index in [1.165, 1.54) is 12.1 Å². The van der Waals surface area contributed by atoms with Crippen LogP contribution in [0.25, 0.3) is 0 Å². The summed E-state index contributed by atoms with van der Waals surface area (Å²) >= 11 is 0. The summed E-state index contributed by atoms with van der Waals surface area (Å²) in [5, 5.41) is 4.16. The SMILES string of the molecule is Cc1cnn(Cc2ccc(F)cc2)c1. The van der Waals surface area contributed by atoms with Crippen LogP contribution >= 0.6 is 0 Å². The van der Waals surface area contributed by atoms with E-state index in [9.17, 15) is 4.39 Å². The van der Waals surface area contributed by atoms with E-state index in [-0.39, 0.29) is 5.82 Å². The second-order valence-electron chi connectivity index (χ2n) is 3.34. The topological polar surface area (TPSA) is 17.8 Å². The molecule has 0 aliphatic carbocycles. The maximum absolute atomic E-state index is 12.6. The largest absolute Gasteiger partial charge is 0.268 e. The molecule has 0 aliphatic heterocycles. The quantitative estimate of drug-likeness (QED) is 0.711. The molecule has 14 heavy (non-hydrogen) atoms. The first kappa shape index (κ1) is 8.94. The summed E-state index contributed by atoms with van der Waals surface area (Å²) in [6, 6.07) is 6.47. The predicted octanol–water partition coefficient (Wildman–Crippen LogP) is 2.38. The van der Waals surface area contributed by atoms with E-state index in [0.29, 0.717) is 6.54 Å². The van der Waals surface area contributed by atoms with Crippen LogP contribution in [0.15, 0.2) is 36.7 Å². The number of benzene rings is 1. The zero-order valence-corrected chi connectivity index (χ0v) is 7.94. The Morgan fingerprint density at radius 3 is 2.57 bits per heavy atom. The number of rotatable bonds is 2. The maximum Gasteiger partial charge on any atom is 0.123 e. The Labute approximate surface area is 82.0 Å². The lowest BCUT2D eigenvalue weighted by atomic mass is 10.2. The third-order valence-corrected chi connectivity index (χ3v) is 2.02. The second-order valence-corrected chi connectivity index (χ2v) is 3.34. The van der Waals surface area contributed by atoms with Crippen molar-refractivity contribution in [1.82, 2.24) is 9.78 Å². The third-order valence-electron chi connectivity index (χ3n) is 2.02. The Hall–Kier alpha value is -1.64. The number of aryl methyl sites for hydroxylation is 1. The lowest BCUT2D eigenvalue weighted by Crippen LogP contribution is -1.99. The number of hydrogen-bond donors (Lipinski definition) is 0. The highest BCUT2D eigenvalue weighted by Crippen LogP contribution is 2.05. The molecule has 0 spiro atoms. The van der Waals surface area contributed by atoms with Crippen molar-refractivity contribution in [2.24, 2.45) is 0 Å². The molecular formula is C11H11FN2. The Kier molecular flexibility index (Phi) is 2.31. The van der Waals surface area contributed by atoms with Crippen molar-refractivity contribution in [3.8, 4) is 0 Å². The average Bonchev–Trinajstić information content (AvgIpc) is 2.56. The van der Waals surface area contributed by atoms with E-state index in [1.807, 2.05) is 24.0 Å². The Bertz CT molecular complexity index is 417. The summed E-state index contributed by atoms with van der Waals surface area (Å²) in [6.07, 6.45) is 3.77. The highest BCUT2D eigenvalue weighted by atomic mass is 19.1. The molecule has 0 saturated carbocycles. The van der Waals surface area contributed by atoms with Crippen LogP contribution in [-0.2, 0) is 6.54 Å². The molecule has 0 atom stereocenters. The molecule has 1 aromatic heterocycles. The number of hydrogen-bond acceptors (Lipinski definition) is 1. The molecule has 2 rings (SSSR count). The highest BCUT2D eigenvalue weighted by molar-refractivity contribution is 5.16. The molecule has 2 aromatic rings. The van der Waals surface area contributed by atoms with Gasteiger partial charge >= 0.3 is 0 Å². The standard InChI is InChI=1S/C11H11FN2/c1-9-6-13-14(7-9)8-10-2-4-11(12)5-3-10/h2-7H,8H2,1H3. The van der Waals surface area contributed by atoms with Gasteiger partial charge in [-0.3, -0.25) is 4.68 Å². The van der Waals surface area contributed by atoms with Crippen LogP contribution in [0.3, 0.4) is 0 Å². The van der Waals surface area contributed by atoms with Gasteiger partial charge in [-0.25, -0.2) is 4.39 Å². The van der Waals surface area contributed by atoms with Gasteiger partial charge in [0.15, 0.2) is 0 Å². The first-order chi connectivity index (χ1) is 6.74. The number of nitrogens with zero attached hydrogens (tertiary/aromatic N) is 2. The molecule has 0 N–H and O–H groups in total. The van der Waals surface area contributed by atoms with E-state index in [0.717, 1.165) is 11.1 Å². The Balaban J connectivity index is 2.15. The van der Waals surface area contributed by atoms with Crippen LogP contribution in [0.4, 0.5) is 4.39 Å². The van der Waals surface area contributed by atoms with Gasteiger partial charge in [-0.1, -0.05) is 12.1 Å². The van der Waals surface area contributed by atoms with Crippen LogP contribution in [0.2, 0.25) is 0 Å². The Morgan fingerprint density at radius 2 is 2.00 bits per heavy atom. The lowest BCUT2D eigenvalue weighted by molar-refractivity contribution is 0.624. The minimum atomic E-state index is -0.203. The summed E-state index contributed by atoms with van der Waals surface area (Å²) in [4.78, 5) is 0. The zero-order valence-electron chi connectivity index (χ0n) is 7.94. The van der Waals surface area contributed by atoms with E-state index >= 15 is 0 Å². The van der Waals surface area contributed by atoms with Gasteiger partial charge in [0, 0.05) is 6.20 Å².